The molecule has 0 saturated heterocycles. The van der Waals surface area contributed by atoms with E-state index >= 15 is 0 Å². The van der Waals surface area contributed by atoms with Gasteiger partial charge in [0.05, 0.1) is 0 Å². The second-order valence-corrected chi connectivity index (χ2v) is 6.10. The molecule has 0 aliphatic heterocycles. The maximum Gasteiger partial charge on any atom is 0.223 e. The molecule has 0 aliphatic carbocycles. The number of anilines is 1. The number of benzene rings is 2. The molecule has 0 atom stereocenters. The minimum absolute atomic E-state index is 0.0937. The van der Waals surface area contributed by atoms with E-state index in [9.17, 15) is 9.59 Å². The number of nitrogens with zero attached hydrogens (tertiary/aromatic N) is 1. The topological polar surface area (TPSA) is 49.4 Å². The van der Waals surface area contributed by atoms with E-state index in [1.54, 1.807) is 29.2 Å². The first-order valence-corrected chi connectivity index (χ1v) is 8.19. The summed E-state index contributed by atoms with van der Waals surface area (Å²) >= 11 is 5.97. The predicted octanol–water partition coefficient (Wildman–Crippen LogP) is 3.71. The van der Waals surface area contributed by atoms with Crippen LogP contribution in [0.2, 0.25) is 5.02 Å². The van der Waals surface area contributed by atoms with Crippen molar-refractivity contribution in [2.45, 2.75) is 26.8 Å². The molecule has 126 valence electrons. The van der Waals surface area contributed by atoms with Gasteiger partial charge in [-0.2, -0.15) is 0 Å². The molecule has 24 heavy (non-hydrogen) atoms. The van der Waals surface area contributed by atoms with Crippen LogP contribution in [0.25, 0.3) is 0 Å². The van der Waals surface area contributed by atoms with E-state index in [1.165, 1.54) is 12.5 Å². The van der Waals surface area contributed by atoms with Crippen molar-refractivity contribution in [3.8, 4) is 0 Å². The molecule has 0 fully saturated rings. The van der Waals surface area contributed by atoms with Gasteiger partial charge in [-0.25, -0.2) is 0 Å². The van der Waals surface area contributed by atoms with E-state index in [0.29, 0.717) is 23.8 Å². The molecular formula is C19H21ClN2O2. The molecule has 4 nitrogen and oxygen atoms in total. The van der Waals surface area contributed by atoms with Crippen molar-refractivity contribution in [3.05, 3.63) is 64.7 Å². The molecule has 0 heterocycles. The third-order valence-electron chi connectivity index (χ3n) is 3.67. The number of carbonyl (C=O) groups is 2. The van der Waals surface area contributed by atoms with Crippen LogP contribution >= 0.6 is 11.6 Å². The smallest absolute Gasteiger partial charge is 0.223 e. The maximum atomic E-state index is 12.0. The normalized spacial score (nSPS) is 10.3. The summed E-state index contributed by atoms with van der Waals surface area (Å²) in [5, 5.41) is 3.43. The Balaban J connectivity index is 1.88. The molecule has 0 aromatic heterocycles. The molecule has 0 bridgehead atoms. The van der Waals surface area contributed by atoms with Crippen molar-refractivity contribution in [3.63, 3.8) is 0 Å². The fourth-order valence-electron chi connectivity index (χ4n) is 2.32. The molecule has 2 aromatic carbocycles. The van der Waals surface area contributed by atoms with Gasteiger partial charge < -0.3 is 10.2 Å². The number of carbonyl (C=O) groups excluding carboxylic acids is 2. The van der Waals surface area contributed by atoms with E-state index in [2.05, 4.69) is 5.32 Å². The summed E-state index contributed by atoms with van der Waals surface area (Å²) in [5.74, 6) is -0.215. The molecular weight excluding hydrogens is 324 g/mol. The number of amides is 2. The van der Waals surface area contributed by atoms with E-state index in [0.717, 1.165) is 5.56 Å². The lowest BCUT2D eigenvalue weighted by molar-refractivity contribution is -0.121. The van der Waals surface area contributed by atoms with Crippen LogP contribution < -0.4 is 10.2 Å². The van der Waals surface area contributed by atoms with Crippen LogP contribution in [0.15, 0.2) is 48.5 Å². The second kappa shape index (κ2) is 8.50. The van der Waals surface area contributed by atoms with E-state index in [-0.39, 0.29) is 18.2 Å². The minimum Gasteiger partial charge on any atom is -0.352 e. The molecule has 0 radical (unpaired) electrons. The Bertz CT molecular complexity index is 714. The van der Waals surface area contributed by atoms with Gasteiger partial charge in [0.2, 0.25) is 11.8 Å². The molecule has 0 spiro atoms. The van der Waals surface area contributed by atoms with Crippen molar-refractivity contribution >= 4 is 29.1 Å². The highest BCUT2D eigenvalue weighted by Gasteiger charge is 2.13. The Hall–Kier alpha value is -2.33. The Morgan fingerprint density at radius 3 is 2.46 bits per heavy atom. The van der Waals surface area contributed by atoms with Crippen molar-refractivity contribution in [1.82, 2.24) is 5.32 Å². The highest BCUT2D eigenvalue weighted by atomic mass is 35.5. The molecule has 0 aliphatic rings. The third kappa shape index (κ3) is 5.39. The highest BCUT2D eigenvalue weighted by Crippen LogP contribution is 2.19. The zero-order chi connectivity index (χ0) is 17.5. The first-order chi connectivity index (χ1) is 11.5. The lowest BCUT2D eigenvalue weighted by atomic mass is 10.1. The summed E-state index contributed by atoms with van der Waals surface area (Å²) < 4.78 is 0. The Kier molecular flexibility index (Phi) is 6.38. The summed E-state index contributed by atoms with van der Waals surface area (Å²) in [5.41, 5.74) is 2.93. The van der Waals surface area contributed by atoms with E-state index < -0.39 is 0 Å². The van der Waals surface area contributed by atoms with Crippen LogP contribution in [0.3, 0.4) is 0 Å². The molecule has 5 heteroatoms. The summed E-state index contributed by atoms with van der Waals surface area (Å²) in [4.78, 5) is 25.4. The van der Waals surface area contributed by atoms with E-state index in [4.69, 9.17) is 11.6 Å². The third-order valence-corrected chi connectivity index (χ3v) is 3.91. The minimum atomic E-state index is -0.122. The van der Waals surface area contributed by atoms with Gasteiger partial charge >= 0.3 is 0 Å². The van der Waals surface area contributed by atoms with Gasteiger partial charge in [0, 0.05) is 37.1 Å². The number of nitrogens with one attached hydrogen (secondary N) is 1. The monoisotopic (exact) mass is 344 g/mol. The molecule has 2 rings (SSSR count). The molecule has 0 unspecified atom stereocenters. The van der Waals surface area contributed by atoms with Crippen molar-refractivity contribution in [2.75, 3.05) is 11.4 Å². The average Bonchev–Trinajstić information content (AvgIpc) is 2.54. The van der Waals surface area contributed by atoms with Gasteiger partial charge in [-0.15, -0.1) is 0 Å². The lowest BCUT2D eigenvalue weighted by Gasteiger charge is -2.21. The average molecular weight is 345 g/mol. The standard InChI is InChI=1S/C19H21ClN2O2/c1-14-6-8-16(9-7-14)13-21-19(24)10-11-22(15(2)23)18-5-3-4-17(20)12-18/h3-9,12H,10-11,13H2,1-2H3,(H,21,24). The van der Waals surface area contributed by atoms with Crippen molar-refractivity contribution in [2.24, 2.45) is 0 Å². The number of hydrogen-bond donors (Lipinski definition) is 1. The number of hydrogen-bond acceptors (Lipinski definition) is 2. The van der Waals surface area contributed by atoms with Gasteiger partial charge in [0.15, 0.2) is 0 Å². The van der Waals surface area contributed by atoms with Gasteiger partial charge in [0.25, 0.3) is 0 Å². The number of halogens is 1. The summed E-state index contributed by atoms with van der Waals surface area (Å²) in [6.45, 7) is 4.30. The quantitative estimate of drug-likeness (QED) is 0.868. The SMILES string of the molecule is CC(=O)N(CCC(=O)NCc1ccc(C)cc1)c1cccc(Cl)c1. The number of rotatable bonds is 6. The maximum absolute atomic E-state index is 12.0. The summed E-state index contributed by atoms with van der Waals surface area (Å²) in [6, 6.07) is 15.1. The van der Waals surface area contributed by atoms with Crippen LogP contribution in [0.1, 0.15) is 24.5 Å². The van der Waals surface area contributed by atoms with Crippen molar-refractivity contribution < 1.29 is 9.59 Å². The predicted molar refractivity (Wildman–Crippen MR) is 97.1 cm³/mol. The Morgan fingerprint density at radius 1 is 1.12 bits per heavy atom. The molecule has 2 aromatic rings. The summed E-state index contributed by atoms with van der Waals surface area (Å²) in [7, 11) is 0. The highest BCUT2D eigenvalue weighted by molar-refractivity contribution is 6.30. The van der Waals surface area contributed by atoms with Gasteiger partial charge in [-0.3, -0.25) is 9.59 Å². The fraction of sp³-hybridized carbons (Fsp3) is 0.263. The largest absolute Gasteiger partial charge is 0.352 e. The first kappa shape index (κ1) is 18.0. The van der Waals surface area contributed by atoms with Gasteiger partial charge in [-0.05, 0) is 30.7 Å². The second-order valence-electron chi connectivity index (χ2n) is 5.66. The van der Waals surface area contributed by atoms with Crippen LogP contribution in [0.4, 0.5) is 5.69 Å². The van der Waals surface area contributed by atoms with Crippen LogP contribution in [-0.2, 0) is 16.1 Å². The van der Waals surface area contributed by atoms with Gasteiger partial charge in [-0.1, -0.05) is 47.5 Å². The molecule has 0 saturated carbocycles. The Morgan fingerprint density at radius 2 is 1.83 bits per heavy atom. The van der Waals surface area contributed by atoms with Crippen LogP contribution in [-0.4, -0.2) is 18.4 Å². The molecule has 1 N–H and O–H groups in total. The van der Waals surface area contributed by atoms with Crippen molar-refractivity contribution in [1.29, 1.82) is 0 Å². The zero-order valence-electron chi connectivity index (χ0n) is 13.9. The van der Waals surface area contributed by atoms with E-state index in [1.807, 2.05) is 31.2 Å². The first-order valence-electron chi connectivity index (χ1n) is 7.81. The number of aryl methyl sites for hydroxylation is 1. The summed E-state index contributed by atoms with van der Waals surface area (Å²) in [6.07, 6.45) is 0.234. The fourth-order valence-corrected chi connectivity index (χ4v) is 2.51. The Labute approximate surface area is 147 Å². The van der Waals surface area contributed by atoms with Crippen LogP contribution in [0, 0.1) is 6.92 Å². The molecule has 2 amide bonds. The lowest BCUT2D eigenvalue weighted by Crippen LogP contribution is -2.33. The zero-order valence-corrected chi connectivity index (χ0v) is 14.6. The van der Waals surface area contributed by atoms with Crippen LogP contribution in [0.5, 0.6) is 0 Å². The van der Waals surface area contributed by atoms with Gasteiger partial charge in [0.1, 0.15) is 0 Å².